The molecule has 0 amide bonds. The Labute approximate surface area is 182 Å². The summed E-state index contributed by atoms with van der Waals surface area (Å²) in [5.41, 5.74) is 7.21. The van der Waals surface area contributed by atoms with Crippen molar-refractivity contribution >= 4 is 11.1 Å². The van der Waals surface area contributed by atoms with Crippen LogP contribution in [0.2, 0.25) is 0 Å². The third kappa shape index (κ3) is 2.45. The number of para-hydroxylation sites is 3. The Balaban J connectivity index is 1.80. The van der Waals surface area contributed by atoms with Gasteiger partial charge < -0.3 is 9.47 Å². The zero-order valence-electron chi connectivity index (χ0n) is 17.6. The number of hydrogen-bond acceptors (Lipinski definition) is 2. The van der Waals surface area contributed by atoms with Crippen LogP contribution in [0, 0.1) is 6.92 Å². The Kier molecular flexibility index (Phi) is 3.85. The van der Waals surface area contributed by atoms with Crippen LogP contribution in [0.5, 0.6) is 17.2 Å². The van der Waals surface area contributed by atoms with Gasteiger partial charge in [-0.05, 0) is 48.7 Å². The molecule has 0 N–H and O–H groups in total. The van der Waals surface area contributed by atoms with Crippen LogP contribution in [0.25, 0.3) is 11.1 Å². The smallest absolute Gasteiger partial charge is 0.192 e. The van der Waals surface area contributed by atoms with Crippen LogP contribution in [0.3, 0.4) is 0 Å². The standard InChI is InChI=1S/C29H22O2/c1-19-11-3-4-12-21(19)28-20(2)22-13-5-8-16-25(22)31-29(28)23-14-6-9-17-26(23)30-27-18-10-7-15-24(27)29/h3-18H,1-2H3. The molecule has 31 heavy (non-hydrogen) atoms. The highest BCUT2D eigenvalue weighted by Crippen LogP contribution is 2.59. The van der Waals surface area contributed by atoms with E-state index in [4.69, 9.17) is 9.47 Å². The van der Waals surface area contributed by atoms with Crippen molar-refractivity contribution in [3.05, 3.63) is 125 Å². The predicted molar refractivity (Wildman–Crippen MR) is 124 cm³/mol. The minimum atomic E-state index is -0.796. The van der Waals surface area contributed by atoms with E-state index < -0.39 is 5.60 Å². The van der Waals surface area contributed by atoms with E-state index in [0.717, 1.165) is 33.9 Å². The number of benzene rings is 4. The largest absolute Gasteiger partial charge is 0.472 e. The maximum absolute atomic E-state index is 7.07. The maximum atomic E-state index is 7.07. The molecule has 2 heterocycles. The second kappa shape index (κ2) is 6.61. The number of aryl methyl sites for hydroxylation is 1. The molecule has 4 aromatic rings. The van der Waals surface area contributed by atoms with Crippen LogP contribution in [0.15, 0.2) is 97.1 Å². The Bertz CT molecular complexity index is 1320. The zero-order valence-corrected chi connectivity index (χ0v) is 17.6. The lowest BCUT2D eigenvalue weighted by Crippen LogP contribution is -2.41. The van der Waals surface area contributed by atoms with Gasteiger partial charge in [0.15, 0.2) is 5.60 Å². The molecule has 4 aromatic carbocycles. The van der Waals surface area contributed by atoms with Crippen molar-refractivity contribution in [1.29, 1.82) is 0 Å². The number of allylic oxidation sites excluding steroid dienone is 1. The fourth-order valence-corrected chi connectivity index (χ4v) is 5.06. The van der Waals surface area contributed by atoms with Gasteiger partial charge in [-0.1, -0.05) is 78.9 Å². The van der Waals surface area contributed by atoms with Crippen LogP contribution < -0.4 is 9.47 Å². The molecular weight excluding hydrogens is 380 g/mol. The van der Waals surface area contributed by atoms with Gasteiger partial charge in [-0.25, -0.2) is 0 Å². The van der Waals surface area contributed by atoms with Gasteiger partial charge in [0, 0.05) is 22.3 Å². The quantitative estimate of drug-likeness (QED) is 0.331. The highest BCUT2D eigenvalue weighted by atomic mass is 16.5. The molecule has 2 nitrogen and oxygen atoms in total. The fourth-order valence-electron chi connectivity index (χ4n) is 5.06. The van der Waals surface area contributed by atoms with Crippen LogP contribution in [0.1, 0.15) is 34.7 Å². The number of ether oxygens (including phenoxy) is 2. The van der Waals surface area contributed by atoms with Gasteiger partial charge in [0.2, 0.25) is 0 Å². The molecule has 2 aliphatic heterocycles. The van der Waals surface area contributed by atoms with Crippen molar-refractivity contribution in [1.82, 2.24) is 0 Å². The number of hydrogen-bond donors (Lipinski definition) is 0. The minimum Gasteiger partial charge on any atom is -0.472 e. The summed E-state index contributed by atoms with van der Waals surface area (Å²) >= 11 is 0. The summed E-state index contributed by atoms with van der Waals surface area (Å²) in [4.78, 5) is 0. The zero-order chi connectivity index (χ0) is 21.0. The SMILES string of the molecule is CC1=C(c2ccccc2C)C2(Oc3ccccc31)c1ccccc1Oc1ccccc12. The number of fused-ring (bicyclic) bond motifs is 5. The first-order chi connectivity index (χ1) is 15.2. The van der Waals surface area contributed by atoms with E-state index in [0.29, 0.717) is 0 Å². The minimum absolute atomic E-state index is 0.796. The first-order valence-corrected chi connectivity index (χ1v) is 10.6. The molecule has 0 bridgehead atoms. The summed E-state index contributed by atoms with van der Waals surface area (Å²) in [6, 6.07) is 33.4. The van der Waals surface area contributed by atoms with Gasteiger partial charge in [-0.3, -0.25) is 0 Å². The lowest BCUT2D eigenvalue weighted by atomic mass is 9.70. The highest BCUT2D eigenvalue weighted by molar-refractivity contribution is 6.00. The van der Waals surface area contributed by atoms with Crippen LogP contribution >= 0.6 is 0 Å². The van der Waals surface area contributed by atoms with Gasteiger partial charge >= 0.3 is 0 Å². The van der Waals surface area contributed by atoms with Crippen LogP contribution in [-0.2, 0) is 5.60 Å². The van der Waals surface area contributed by atoms with Gasteiger partial charge in [-0.15, -0.1) is 0 Å². The molecule has 0 unspecified atom stereocenters. The summed E-state index contributed by atoms with van der Waals surface area (Å²) in [6.45, 7) is 4.38. The molecular formula is C29H22O2. The molecule has 2 heteroatoms. The molecule has 0 atom stereocenters. The topological polar surface area (TPSA) is 18.5 Å². The van der Waals surface area contributed by atoms with Crippen molar-refractivity contribution in [2.24, 2.45) is 0 Å². The van der Waals surface area contributed by atoms with Gasteiger partial charge in [-0.2, -0.15) is 0 Å². The molecule has 150 valence electrons. The van der Waals surface area contributed by atoms with Gasteiger partial charge in [0.05, 0.1) is 0 Å². The molecule has 2 aliphatic rings. The Morgan fingerprint density at radius 3 is 1.71 bits per heavy atom. The van der Waals surface area contributed by atoms with E-state index >= 15 is 0 Å². The lowest BCUT2D eigenvalue weighted by molar-refractivity contribution is 0.156. The van der Waals surface area contributed by atoms with Crippen LogP contribution in [0.4, 0.5) is 0 Å². The first-order valence-electron chi connectivity index (χ1n) is 10.6. The summed E-state index contributed by atoms with van der Waals surface area (Å²) in [6.07, 6.45) is 0. The van der Waals surface area contributed by atoms with Crippen molar-refractivity contribution in [3.63, 3.8) is 0 Å². The first kappa shape index (κ1) is 18.0. The molecule has 6 rings (SSSR count). The summed E-state index contributed by atoms with van der Waals surface area (Å²) in [5.74, 6) is 2.56. The monoisotopic (exact) mass is 402 g/mol. The fraction of sp³-hybridized carbons (Fsp3) is 0.103. The van der Waals surface area contributed by atoms with Crippen LogP contribution in [-0.4, -0.2) is 0 Å². The van der Waals surface area contributed by atoms with E-state index in [1.165, 1.54) is 22.3 Å². The van der Waals surface area contributed by atoms with E-state index in [1.807, 2.05) is 30.3 Å². The summed E-state index contributed by atoms with van der Waals surface area (Å²) in [7, 11) is 0. The maximum Gasteiger partial charge on any atom is 0.192 e. The molecule has 0 saturated heterocycles. The highest BCUT2D eigenvalue weighted by Gasteiger charge is 2.51. The van der Waals surface area contributed by atoms with E-state index in [2.05, 4.69) is 80.6 Å². The van der Waals surface area contributed by atoms with E-state index in [1.54, 1.807) is 0 Å². The van der Waals surface area contributed by atoms with Gasteiger partial charge in [0.1, 0.15) is 17.2 Å². The average molecular weight is 402 g/mol. The van der Waals surface area contributed by atoms with Crippen molar-refractivity contribution in [2.75, 3.05) is 0 Å². The molecule has 1 spiro atoms. The second-order valence-electron chi connectivity index (χ2n) is 8.19. The predicted octanol–water partition coefficient (Wildman–Crippen LogP) is 7.37. The summed E-state index contributed by atoms with van der Waals surface area (Å²) < 4.78 is 13.4. The van der Waals surface area contributed by atoms with E-state index in [-0.39, 0.29) is 0 Å². The molecule has 0 fully saturated rings. The number of rotatable bonds is 1. The normalized spacial score (nSPS) is 15.4. The van der Waals surface area contributed by atoms with Crippen molar-refractivity contribution < 1.29 is 9.47 Å². The third-order valence-electron chi connectivity index (χ3n) is 6.45. The van der Waals surface area contributed by atoms with Gasteiger partial charge in [0.25, 0.3) is 0 Å². The molecule has 0 radical (unpaired) electrons. The molecule has 0 saturated carbocycles. The Morgan fingerprint density at radius 2 is 1.06 bits per heavy atom. The Hall–Kier alpha value is -3.78. The molecule has 0 aromatic heterocycles. The Morgan fingerprint density at radius 1 is 0.548 bits per heavy atom. The lowest BCUT2D eigenvalue weighted by Gasteiger charge is -2.45. The third-order valence-corrected chi connectivity index (χ3v) is 6.45. The van der Waals surface area contributed by atoms with E-state index in [9.17, 15) is 0 Å². The van der Waals surface area contributed by atoms with Crippen molar-refractivity contribution in [2.45, 2.75) is 19.4 Å². The van der Waals surface area contributed by atoms with Crippen molar-refractivity contribution in [3.8, 4) is 17.2 Å². The summed E-state index contributed by atoms with van der Waals surface area (Å²) in [5, 5.41) is 0. The second-order valence-corrected chi connectivity index (χ2v) is 8.19. The average Bonchev–Trinajstić information content (AvgIpc) is 2.80. The molecule has 0 aliphatic carbocycles.